The van der Waals surface area contributed by atoms with Gasteiger partial charge in [0.1, 0.15) is 5.75 Å². The third-order valence-electron chi connectivity index (χ3n) is 2.61. The van der Waals surface area contributed by atoms with Gasteiger partial charge < -0.3 is 14.5 Å². The quantitative estimate of drug-likeness (QED) is 0.665. The van der Waals surface area contributed by atoms with Crippen molar-refractivity contribution >= 4 is 22.9 Å². The van der Waals surface area contributed by atoms with Crippen molar-refractivity contribution in [2.75, 3.05) is 13.7 Å². The number of hydrogen-bond donors (Lipinski definition) is 1. The Morgan fingerprint density at radius 2 is 2.28 bits per heavy atom. The van der Waals surface area contributed by atoms with E-state index in [0.29, 0.717) is 6.61 Å². The van der Waals surface area contributed by atoms with Crippen LogP contribution in [0.2, 0.25) is 0 Å². The third-order valence-corrected chi connectivity index (χ3v) is 2.61. The Morgan fingerprint density at radius 1 is 1.44 bits per heavy atom. The van der Waals surface area contributed by atoms with Crippen molar-refractivity contribution in [2.45, 2.75) is 6.92 Å². The number of nitrogens with one attached hydrogen (secondary N) is 1. The Balaban J connectivity index is 2.30. The maximum absolute atomic E-state index is 11.3. The van der Waals surface area contributed by atoms with Gasteiger partial charge in [-0.1, -0.05) is 0 Å². The average molecular weight is 245 g/mol. The van der Waals surface area contributed by atoms with Gasteiger partial charge in [-0.25, -0.2) is 4.79 Å². The molecular weight excluding hydrogens is 230 g/mol. The number of carbonyl (C=O) groups is 1. The fraction of sp³-hybridized carbons (Fsp3) is 0.214. The summed E-state index contributed by atoms with van der Waals surface area (Å²) in [5, 5.41) is 1.01. The van der Waals surface area contributed by atoms with E-state index in [1.54, 1.807) is 20.1 Å². The molecule has 2 aromatic rings. The van der Waals surface area contributed by atoms with Gasteiger partial charge in [0.15, 0.2) is 0 Å². The molecule has 1 N–H and O–H groups in total. The summed E-state index contributed by atoms with van der Waals surface area (Å²) in [6.45, 7) is 2.16. The van der Waals surface area contributed by atoms with Crippen LogP contribution in [0.5, 0.6) is 5.75 Å². The Labute approximate surface area is 105 Å². The van der Waals surface area contributed by atoms with Crippen molar-refractivity contribution in [2.24, 2.45) is 0 Å². The Bertz CT molecular complexity index is 584. The summed E-state index contributed by atoms with van der Waals surface area (Å²) in [5.74, 6) is 0.447. The van der Waals surface area contributed by atoms with Crippen LogP contribution in [-0.4, -0.2) is 24.7 Å². The topological polar surface area (TPSA) is 51.3 Å². The molecule has 0 aliphatic rings. The molecule has 0 aliphatic heterocycles. The minimum atomic E-state index is -0.338. The van der Waals surface area contributed by atoms with Gasteiger partial charge in [-0.15, -0.1) is 0 Å². The second-order valence-corrected chi connectivity index (χ2v) is 3.74. The summed E-state index contributed by atoms with van der Waals surface area (Å²) in [6.07, 6.45) is 5.00. The predicted octanol–water partition coefficient (Wildman–Crippen LogP) is 2.75. The van der Waals surface area contributed by atoms with E-state index in [1.807, 2.05) is 24.4 Å². The summed E-state index contributed by atoms with van der Waals surface area (Å²) in [5.41, 5.74) is 1.93. The van der Waals surface area contributed by atoms with E-state index < -0.39 is 0 Å². The molecule has 0 spiro atoms. The van der Waals surface area contributed by atoms with Crippen molar-refractivity contribution in [3.05, 3.63) is 36.0 Å². The van der Waals surface area contributed by atoms with Crippen LogP contribution in [0.1, 0.15) is 12.5 Å². The molecule has 0 saturated carbocycles. The lowest BCUT2D eigenvalue weighted by atomic mass is 10.1. The molecule has 0 radical (unpaired) electrons. The fourth-order valence-corrected chi connectivity index (χ4v) is 1.73. The van der Waals surface area contributed by atoms with Crippen molar-refractivity contribution in [3.63, 3.8) is 0 Å². The molecule has 1 aromatic heterocycles. The van der Waals surface area contributed by atoms with Gasteiger partial charge in [0.25, 0.3) is 0 Å². The first-order valence-electron chi connectivity index (χ1n) is 5.74. The average Bonchev–Trinajstić information content (AvgIpc) is 2.79. The van der Waals surface area contributed by atoms with E-state index in [4.69, 9.17) is 9.47 Å². The van der Waals surface area contributed by atoms with E-state index in [9.17, 15) is 4.79 Å². The second kappa shape index (κ2) is 5.40. The van der Waals surface area contributed by atoms with Gasteiger partial charge in [-0.3, -0.25) is 0 Å². The Kier molecular flexibility index (Phi) is 3.67. The van der Waals surface area contributed by atoms with Gasteiger partial charge >= 0.3 is 5.97 Å². The first-order chi connectivity index (χ1) is 8.74. The highest BCUT2D eigenvalue weighted by atomic mass is 16.5. The number of carbonyl (C=O) groups excluding carboxylic acids is 1. The SMILES string of the molecule is CCOC(=O)/C=C/c1c[nH]c2ccc(OC)cc12. The van der Waals surface area contributed by atoms with Crippen molar-refractivity contribution in [1.29, 1.82) is 0 Å². The van der Waals surface area contributed by atoms with Crippen LogP contribution in [-0.2, 0) is 9.53 Å². The maximum Gasteiger partial charge on any atom is 0.330 e. The molecule has 0 unspecified atom stereocenters. The Morgan fingerprint density at radius 3 is 3.00 bits per heavy atom. The molecule has 1 aromatic carbocycles. The lowest BCUT2D eigenvalue weighted by Gasteiger charge is -1.99. The molecular formula is C14H15NO3. The van der Waals surface area contributed by atoms with Crippen LogP contribution in [0.15, 0.2) is 30.5 Å². The monoisotopic (exact) mass is 245 g/mol. The highest BCUT2D eigenvalue weighted by Crippen LogP contribution is 2.24. The largest absolute Gasteiger partial charge is 0.497 e. The van der Waals surface area contributed by atoms with Gasteiger partial charge in [-0.2, -0.15) is 0 Å². The summed E-state index contributed by atoms with van der Waals surface area (Å²) in [6, 6.07) is 5.75. The maximum atomic E-state index is 11.3. The van der Waals surface area contributed by atoms with E-state index in [1.165, 1.54) is 6.08 Å². The van der Waals surface area contributed by atoms with Gasteiger partial charge in [0.05, 0.1) is 13.7 Å². The van der Waals surface area contributed by atoms with Crippen LogP contribution in [0.4, 0.5) is 0 Å². The first kappa shape index (κ1) is 12.2. The molecule has 0 fully saturated rings. The predicted molar refractivity (Wildman–Crippen MR) is 70.5 cm³/mol. The van der Waals surface area contributed by atoms with Crippen LogP contribution < -0.4 is 4.74 Å². The molecule has 0 aliphatic carbocycles. The standard InChI is InChI=1S/C14H15NO3/c1-3-18-14(16)7-4-10-9-15-13-6-5-11(17-2)8-12(10)13/h4-9,15H,3H2,1-2H3/b7-4+. The number of H-pyrrole nitrogens is 1. The van der Waals surface area contributed by atoms with Crippen LogP contribution in [0, 0.1) is 0 Å². The summed E-state index contributed by atoms with van der Waals surface area (Å²) in [7, 11) is 1.63. The number of ether oxygens (including phenoxy) is 2. The number of hydrogen-bond acceptors (Lipinski definition) is 3. The number of benzene rings is 1. The van der Waals surface area contributed by atoms with E-state index in [2.05, 4.69) is 4.98 Å². The van der Waals surface area contributed by atoms with Gasteiger partial charge in [-0.05, 0) is 31.2 Å². The lowest BCUT2D eigenvalue weighted by molar-refractivity contribution is -0.137. The highest BCUT2D eigenvalue weighted by molar-refractivity contribution is 5.94. The molecule has 94 valence electrons. The van der Waals surface area contributed by atoms with Gasteiger partial charge in [0, 0.05) is 28.7 Å². The molecule has 18 heavy (non-hydrogen) atoms. The zero-order valence-electron chi connectivity index (χ0n) is 10.4. The minimum absolute atomic E-state index is 0.338. The number of aromatic amines is 1. The number of aromatic nitrogens is 1. The summed E-state index contributed by atoms with van der Waals surface area (Å²) in [4.78, 5) is 14.4. The molecule has 0 bridgehead atoms. The summed E-state index contributed by atoms with van der Waals surface area (Å²) < 4.78 is 10.0. The third kappa shape index (κ3) is 2.53. The summed E-state index contributed by atoms with van der Waals surface area (Å²) >= 11 is 0. The highest BCUT2D eigenvalue weighted by Gasteiger charge is 2.03. The smallest absolute Gasteiger partial charge is 0.330 e. The molecule has 4 heteroatoms. The molecule has 0 amide bonds. The number of methoxy groups -OCH3 is 1. The Hall–Kier alpha value is -2.23. The zero-order chi connectivity index (χ0) is 13.0. The zero-order valence-corrected chi connectivity index (χ0v) is 10.4. The number of fused-ring (bicyclic) bond motifs is 1. The molecule has 4 nitrogen and oxygen atoms in total. The van der Waals surface area contributed by atoms with E-state index in [-0.39, 0.29) is 5.97 Å². The molecule has 2 rings (SSSR count). The molecule has 1 heterocycles. The molecule has 0 atom stereocenters. The second-order valence-electron chi connectivity index (χ2n) is 3.74. The fourth-order valence-electron chi connectivity index (χ4n) is 1.73. The van der Waals surface area contributed by atoms with Crippen molar-refractivity contribution in [3.8, 4) is 5.75 Å². The number of rotatable bonds is 4. The van der Waals surface area contributed by atoms with Crippen molar-refractivity contribution in [1.82, 2.24) is 4.98 Å². The van der Waals surface area contributed by atoms with E-state index >= 15 is 0 Å². The van der Waals surface area contributed by atoms with Crippen molar-refractivity contribution < 1.29 is 14.3 Å². The van der Waals surface area contributed by atoms with Gasteiger partial charge in [0.2, 0.25) is 0 Å². The normalized spacial score (nSPS) is 11.0. The van der Waals surface area contributed by atoms with Crippen LogP contribution in [0.25, 0.3) is 17.0 Å². The first-order valence-corrected chi connectivity index (χ1v) is 5.74. The minimum Gasteiger partial charge on any atom is -0.497 e. The van der Waals surface area contributed by atoms with E-state index in [0.717, 1.165) is 22.2 Å². The number of esters is 1. The molecule has 0 saturated heterocycles. The van der Waals surface area contributed by atoms with Crippen LogP contribution in [0.3, 0.4) is 0 Å². The van der Waals surface area contributed by atoms with Crippen LogP contribution >= 0.6 is 0 Å². The lowest BCUT2D eigenvalue weighted by Crippen LogP contribution is -1.98.